The number of likely N-dealkylation sites (tertiary alicyclic amines) is 1. The van der Waals surface area contributed by atoms with Crippen LogP contribution in [0, 0.1) is 11.8 Å². The lowest BCUT2D eigenvalue weighted by Crippen LogP contribution is -2.51. The van der Waals surface area contributed by atoms with E-state index in [0.717, 1.165) is 45.1 Å². The molecule has 3 heterocycles. The van der Waals surface area contributed by atoms with E-state index in [-0.39, 0.29) is 18.3 Å². The molecule has 4 nitrogen and oxygen atoms in total. The molecule has 3 aliphatic heterocycles. The van der Waals surface area contributed by atoms with Crippen LogP contribution >= 0.6 is 24.2 Å². The highest BCUT2D eigenvalue weighted by Gasteiger charge is 2.31. The standard InChI is InChI=1S/C15H27N3OS.ClH/c19-15(18-7-4-16-5-8-18)14-2-1-6-17(11-14)10-13-3-9-20-12-13;/h13-14,16H,1-12H2;1H. The number of rotatable bonds is 3. The first-order chi connectivity index (χ1) is 9.83. The van der Waals surface area contributed by atoms with Crippen molar-refractivity contribution in [2.45, 2.75) is 19.3 Å². The maximum absolute atomic E-state index is 12.6. The quantitative estimate of drug-likeness (QED) is 0.844. The van der Waals surface area contributed by atoms with Gasteiger partial charge in [0.25, 0.3) is 0 Å². The molecule has 1 N–H and O–H groups in total. The summed E-state index contributed by atoms with van der Waals surface area (Å²) in [5.74, 6) is 4.20. The zero-order chi connectivity index (χ0) is 13.8. The zero-order valence-corrected chi connectivity index (χ0v) is 14.4. The van der Waals surface area contributed by atoms with Gasteiger partial charge in [0.15, 0.2) is 0 Å². The minimum Gasteiger partial charge on any atom is -0.340 e. The summed E-state index contributed by atoms with van der Waals surface area (Å²) in [7, 11) is 0. The average Bonchev–Trinajstić information content (AvgIpc) is 3.01. The lowest BCUT2D eigenvalue weighted by Gasteiger charge is -2.37. The number of carbonyl (C=O) groups is 1. The van der Waals surface area contributed by atoms with E-state index in [1.54, 1.807) is 0 Å². The zero-order valence-electron chi connectivity index (χ0n) is 12.8. The SMILES string of the molecule is Cl.O=C(C1CCCN(CC2CCSC2)C1)N1CCNCC1. The topological polar surface area (TPSA) is 35.6 Å². The van der Waals surface area contributed by atoms with Crippen LogP contribution in [0.5, 0.6) is 0 Å². The van der Waals surface area contributed by atoms with Crippen molar-refractivity contribution in [2.24, 2.45) is 11.8 Å². The van der Waals surface area contributed by atoms with Crippen molar-refractivity contribution in [3.8, 4) is 0 Å². The van der Waals surface area contributed by atoms with E-state index in [4.69, 9.17) is 0 Å². The Labute approximate surface area is 138 Å². The highest BCUT2D eigenvalue weighted by molar-refractivity contribution is 7.99. The van der Waals surface area contributed by atoms with E-state index in [0.29, 0.717) is 5.91 Å². The summed E-state index contributed by atoms with van der Waals surface area (Å²) < 4.78 is 0. The van der Waals surface area contributed by atoms with Gasteiger partial charge in [0.1, 0.15) is 0 Å². The molecule has 0 saturated carbocycles. The number of carbonyl (C=O) groups excluding carboxylic acids is 1. The first-order valence-corrected chi connectivity index (χ1v) is 9.28. The summed E-state index contributed by atoms with van der Waals surface area (Å²) in [6.07, 6.45) is 3.67. The Hall–Kier alpha value is 0.0300. The van der Waals surface area contributed by atoms with Gasteiger partial charge in [-0.3, -0.25) is 4.79 Å². The Morgan fingerprint density at radius 1 is 1.19 bits per heavy atom. The predicted molar refractivity (Wildman–Crippen MR) is 91.3 cm³/mol. The summed E-state index contributed by atoms with van der Waals surface area (Å²) in [5.41, 5.74) is 0. The Balaban J connectivity index is 0.00000161. The van der Waals surface area contributed by atoms with Gasteiger partial charge in [0.05, 0.1) is 5.92 Å². The van der Waals surface area contributed by atoms with Crippen LogP contribution in [0.1, 0.15) is 19.3 Å². The molecule has 6 heteroatoms. The van der Waals surface area contributed by atoms with Crippen LogP contribution in [0.15, 0.2) is 0 Å². The van der Waals surface area contributed by atoms with Crippen molar-refractivity contribution in [1.82, 2.24) is 15.1 Å². The second-order valence-electron chi connectivity index (χ2n) is 6.40. The lowest BCUT2D eigenvalue weighted by molar-refractivity contribution is -0.138. The molecule has 3 fully saturated rings. The number of nitrogens with one attached hydrogen (secondary N) is 1. The van der Waals surface area contributed by atoms with Crippen LogP contribution in [0.25, 0.3) is 0 Å². The number of nitrogens with zero attached hydrogens (tertiary/aromatic N) is 2. The molecule has 3 aliphatic rings. The molecular weight excluding hydrogens is 306 g/mol. The van der Waals surface area contributed by atoms with Crippen LogP contribution in [0.4, 0.5) is 0 Å². The summed E-state index contributed by atoms with van der Waals surface area (Å²) in [6, 6.07) is 0. The Morgan fingerprint density at radius 3 is 2.71 bits per heavy atom. The van der Waals surface area contributed by atoms with Crippen molar-refractivity contribution < 1.29 is 4.79 Å². The minimum atomic E-state index is 0. The van der Waals surface area contributed by atoms with Crippen molar-refractivity contribution in [3.05, 3.63) is 0 Å². The molecule has 0 aliphatic carbocycles. The smallest absolute Gasteiger partial charge is 0.227 e. The summed E-state index contributed by atoms with van der Waals surface area (Å²) in [5, 5.41) is 3.32. The Morgan fingerprint density at radius 2 is 2.00 bits per heavy atom. The summed E-state index contributed by atoms with van der Waals surface area (Å²) in [4.78, 5) is 17.2. The monoisotopic (exact) mass is 333 g/mol. The van der Waals surface area contributed by atoms with E-state index in [2.05, 4.69) is 26.9 Å². The second kappa shape index (κ2) is 8.61. The highest BCUT2D eigenvalue weighted by atomic mass is 35.5. The van der Waals surface area contributed by atoms with Gasteiger partial charge in [-0.05, 0) is 43.2 Å². The van der Waals surface area contributed by atoms with E-state index in [1.165, 1.54) is 37.4 Å². The van der Waals surface area contributed by atoms with Gasteiger partial charge in [0, 0.05) is 39.3 Å². The van der Waals surface area contributed by atoms with Gasteiger partial charge in [0.2, 0.25) is 5.91 Å². The normalized spacial score (nSPS) is 31.0. The molecule has 122 valence electrons. The Bertz CT molecular complexity index is 333. The van der Waals surface area contributed by atoms with Crippen molar-refractivity contribution in [2.75, 3.05) is 57.3 Å². The van der Waals surface area contributed by atoms with Crippen molar-refractivity contribution in [1.29, 1.82) is 0 Å². The van der Waals surface area contributed by atoms with Crippen LogP contribution in [0.3, 0.4) is 0 Å². The third-order valence-corrected chi connectivity index (χ3v) is 6.06. The number of amides is 1. The molecule has 0 radical (unpaired) electrons. The molecule has 1 amide bonds. The number of hydrogen-bond acceptors (Lipinski definition) is 4. The van der Waals surface area contributed by atoms with E-state index in [9.17, 15) is 4.79 Å². The van der Waals surface area contributed by atoms with Crippen LogP contribution in [-0.4, -0.2) is 73.0 Å². The number of thioether (sulfide) groups is 1. The van der Waals surface area contributed by atoms with Crippen molar-refractivity contribution in [3.63, 3.8) is 0 Å². The average molecular weight is 334 g/mol. The fourth-order valence-electron chi connectivity index (χ4n) is 3.66. The van der Waals surface area contributed by atoms with Gasteiger partial charge in [-0.2, -0.15) is 11.8 Å². The molecule has 2 unspecified atom stereocenters. The third-order valence-electron chi connectivity index (χ3n) is 4.82. The number of halogens is 1. The molecule has 2 atom stereocenters. The third kappa shape index (κ3) is 4.75. The number of hydrogen-bond donors (Lipinski definition) is 1. The fourth-order valence-corrected chi connectivity index (χ4v) is 4.93. The van der Waals surface area contributed by atoms with E-state index < -0.39 is 0 Å². The molecule has 0 bridgehead atoms. The molecule has 0 spiro atoms. The second-order valence-corrected chi connectivity index (χ2v) is 7.55. The van der Waals surface area contributed by atoms with Crippen LogP contribution in [0.2, 0.25) is 0 Å². The van der Waals surface area contributed by atoms with Gasteiger partial charge in [-0.1, -0.05) is 0 Å². The van der Waals surface area contributed by atoms with Crippen LogP contribution in [-0.2, 0) is 4.79 Å². The number of piperidine rings is 1. The van der Waals surface area contributed by atoms with Gasteiger partial charge in [-0.15, -0.1) is 12.4 Å². The van der Waals surface area contributed by atoms with Crippen molar-refractivity contribution >= 4 is 30.1 Å². The maximum atomic E-state index is 12.6. The largest absolute Gasteiger partial charge is 0.340 e. The van der Waals surface area contributed by atoms with Gasteiger partial charge in [-0.25, -0.2) is 0 Å². The summed E-state index contributed by atoms with van der Waals surface area (Å²) in [6.45, 7) is 7.14. The first-order valence-electron chi connectivity index (χ1n) is 8.12. The predicted octanol–water partition coefficient (Wildman–Crippen LogP) is 1.31. The van der Waals surface area contributed by atoms with Gasteiger partial charge >= 0.3 is 0 Å². The molecule has 3 rings (SSSR count). The molecule has 0 aromatic heterocycles. The highest BCUT2D eigenvalue weighted by Crippen LogP contribution is 2.26. The molecule has 0 aromatic carbocycles. The van der Waals surface area contributed by atoms with Gasteiger partial charge < -0.3 is 15.1 Å². The van der Waals surface area contributed by atoms with E-state index >= 15 is 0 Å². The molecule has 0 aromatic rings. The fraction of sp³-hybridized carbons (Fsp3) is 0.933. The molecular formula is C15H28ClN3OS. The lowest BCUT2D eigenvalue weighted by atomic mass is 9.95. The first kappa shape index (κ1) is 17.4. The summed E-state index contributed by atoms with van der Waals surface area (Å²) >= 11 is 2.09. The maximum Gasteiger partial charge on any atom is 0.227 e. The Kier molecular flexibility index (Phi) is 7.13. The number of piperazine rings is 1. The molecule has 3 saturated heterocycles. The molecule has 21 heavy (non-hydrogen) atoms. The van der Waals surface area contributed by atoms with Crippen LogP contribution < -0.4 is 5.32 Å². The van der Waals surface area contributed by atoms with E-state index in [1.807, 2.05) is 0 Å². The minimum absolute atomic E-state index is 0.